The van der Waals surface area contributed by atoms with Crippen LogP contribution in [0.3, 0.4) is 0 Å². The largest absolute Gasteiger partial charge is 0.497 e. The molecule has 0 N–H and O–H groups in total. The summed E-state index contributed by atoms with van der Waals surface area (Å²) in [6, 6.07) is 23.4. The van der Waals surface area contributed by atoms with Crippen LogP contribution in [0.4, 0.5) is 5.69 Å². The molecule has 2 saturated heterocycles. The molecule has 2 fully saturated rings. The smallest absolute Gasteiger partial charge is 0.225 e. The van der Waals surface area contributed by atoms with Gasteiger partial charge in [-0.2, -0.15) is 0 Å². The Morgan fingerprint density at radius 3 is 2.27 bits per heavy atom. The van der Waals surface area contributed by atoms with E-state index in [2.05, 4.69) is 69.3 Å². The fourth-order valence-corrected chi connectivity index (χ4v) is 5.25. The van der Waals surface area contributed by atoms with E-state index in [-0.39, 0.29) is 5.92 Å². The number of rotatable bonds is 5. The lowest BCUT2D eigenvalue weighted by molar-refractivity contribution is -0.137. The molecule has 33 heavy (non-hydrogen) atoms. The number of carbonyl (C=O) groups excluding carboxylic acids is 1. The molecule has 3 aromatic rings. The quantitative estimate of drug-likeness (QED) is 0.585. The second-order valence-corrected chi connectivity index (χ2v) is 9.20. The summed E-state index contributed by atoms with van der Waals surface area (Å²) in [7, 11) is 1.69. The normalized spacial score (nSPS) is 18.0. The first-order valence-corrected chi connectivity index (χ1v) is 12.1. The Morgan fingerprint density at radius 1 is 0.848 bits per heavy atom. The van der Waals surface area contributed by atoms with Gasteiger partial charge in [-0.05, 0) is 66.5 Å². The van der Waals surface area contributed by atoms with Gasteiger partial charge in [-0.1, -0.05) is 42.5 Å². The highest BCUT2D eigenvalue weighted by Crippen LogP contribution is 2.26. The lowest BCUT2D eigenvalue weighted by Gasteiger charge is -2.39. The number of methoxy groups -OCH3 is 1. The third kappa shape index (κ3) is 4.83. The molecule has 0 aliphatic carbocycles. The summed E-state index contributed by atoms with van der Waals surface area (Å²) in [6.45, 7) is 6.33. The van der Waals surface area contributed by atoms with E-state index < -0.39 is 0 Å². The second kappa shape index (κ2) is 9.84. The highest BCUT2D eigenvalue weighted by Gasteiger charge is 2.30. The van der Waals surface area contributed by atoms with Crippen LogP contribution in [0, 0.1) is 5.92 Å². The van der Waals surface area contributed by atoms with Crippen LogP contribution >= 0.6 is 0 Å². The number of piperidine rings is 1. The van der Waals surface area contributed by atoms with Gasteiger partial charge in [0.05, 0.1) is 7.11 Å². The summed E-state index contributed by atoms with van der Waals surface area (Å²) in [5.41, 5.74) is 2.58. The highest BCUT2D eigenvalue weighted by molar-refractivity contribution is 5.85. The van der Waals surface area contributed by atoms with E-state index in [4.69, 9.17) is 4.74 Å². The van der Waals surface area contributed by atoms with Crippen molar-refractivity contribution in [1.82, 2.24) is 9.80 Å². The molecule has 0 unspecified atom stereocenters. The second-order valence-electron chi connectivity index (χ2n) is 9.20. The molecular formula is C28H33N3O2. The van der Waals surface area contributed by atoms with Crippen LogP contribution in [-0.4, -0.2) is 62.1 Å². The van der Waals surface area contributed by atoms with E-state index >= 15 is 0 Å². The van der Waals surface area contributed by atoms with Gasteiger partial charge in [0.1, 0.15) is 5.75 Å². The number of ether oxygens (including phenoxy) is 1. The van der Waals surface area contributed by atoms with Crippen LogP contribution in [0.15, 0.2) is 66.7 Å². The van der Waals surface area contributed by atoms with Crippen LogP contribution in [-0.2, 0) is 11.3 Å². The Bertz CT molecular complexity index is 1080. The van der Waals surface area contributed by atoms with Crippen molar-refractivity contribution < 1.29 is 9.53 Å². The SMILES string of the molecule is COc1ccc(N2CCN(C(=O)C3CCN(Cc4cccc5ccccc45)CC3)CC2)cc1. The Kier molecular flexibility index (Phi) is 6.49. The van der Waals surface area contributed by atoms with E-state index in [0.717, 1.165) is 64.4 Å². The van der Waals surface area contributed by atoms with Crippen molar-refractivity contribution in [3.8, 4) is 5.75 Å². The number of likely N-dealkylation sites (tertiary alicyclic amines) is 1. The average Bonchev–Trinajstić information content (AvgIpc) is 2.89. The van der Waals surface area contributed by atoms with Gasteiger partial charge in [0.2, 0.25) is 5.91 Å². The van der Waals surface area contributed by atoms with Gasteiger partial charge >= 0.3 is 0 Å². The number of amides is 1. The first kappa shape index (κ1) is 21.8. The molecule has 0 radical (unpaired) electrons. The van der Waals surface area contributed by atoms with Crippen molar-refractivity contribution in [2.45, 2.75) is 19.4 Å². The van der Waals surface area contributed by atoms with Gasteiger partial charge in [-0.15, -0.1) is 0 Å². The van der Waals surface area contributed by atoms with Crippen molar-refractivity contribution in [2.24, 2.45) is 5.92 Å². The van der Waals surface area contributed by atoms with E-state index in [9.17, 15) is 4.79 Å². The molecule has 2 aliphatic rings. The monoisotopic (exact) mass is 443 g/mol. The van der Waals surface area contributed by atoms with Gasteiger partial charge in [0.15, 0.2) is 0 Å². The topological polar surface area (TPSA) is 36.0 Å². The fourth-order valence-electron chi connectivity index (χ4n) is 5.25. The molecule has 0 bridgehead atoms. The number of benzene rings is 3. The highest BCUT2D eigenvalue weighted by atomic mass is 16.5. The first-order valence-electron chi connectivity index (χ1n) is 12.1. The zero-order valence-corrected chi connectivity index (χ0v) is 19.5. The number of hydrogen-bond acceptors (Lipinski definition) is 4. The number of anilines is 1. The molecule has 0 atom stereocenters. The fraction of sp³-hybridized carbons (Fsp3) is 0.393. The number of hydrogen-bond donors (Lipinski definition) is 0. The number of fused-ring (bicyclic) bond motifs is 1. The molecule has 0 spiro atoms. The Hall–Kier alpha value is -3.05. The first-order chi connectivity index (χ1) is 16.2. The summed E-state index contributed by atoms with van der Waals surface area (Å²) < 4.78 is 5.26. The maximum atomic E-state index is 13.2. The van der Waals surface area contributed by atoms with Crippen molar-refractivity contribution in [3.63, 3.8) is 0 Å². The van der Waals surface area contributed by atoms with Crippen molar-refractivity contribution >= 4 is 22.4 Å². The summed E-state index contributed by atoms with van der Waals surface area (Å²) in [5.74, 6) is 1.40. The minimum Gasteiger partial charge on any atom is -0.497 e. The number of nitrogens with zero attached hydrogens (tertiary/aromatic N) is 3. The summed E-state index contributed by atoms with van der Waals surface area (Å²) in [6.07, 6.45) is 1.92. The molecule has 0 saturated carbocycles. The maximum Gasteiger partial charge on any atom is 0.225 e. The Labute approximate surface area is 196 Å². The van der Waals surface area contributed by atoms with Crippen molar-refractivity contribution in [2.75, 3.05) is 51.3 Å². The molecule has 172 valence electrons. The summed E-state index contributed by atoms with van der Waals surface area (Å²) in [4.78, 5) is 20.1. The lowest BCUT2D eigenvalue weighted by Crippen LogP contribution is -2.51. The molecular weight excluding hydrogens is 410 g/mol. The minimum absolute atomic E-state index is 0.168. The average molecular weight is 444 g/mol. The number of piperazine rings is 1. The van der Waals surface area contributed by atoms with E-state index in [0.29, 0.717) is 5.91 Å². The van der Waals surface area contributed by atoms with Gasteiger partial charge in [-0.25, -0.2) is 0 Å². The zero-order chi connectivity index (χ0) is 22.6. The van der Waals surface area contributed by atoms with Crippen LogP contribution in [0.5, 0.6) is 5.75 Å². The predicted octanol–water partition coefficient (Wildman–Crippen LogP) is 4.41. The predicted molar refractivity (Wildman–Crippen MR) is 134 cm³/mol. The Balaban J connectivity index is 1.12. The minimum atomic E-state index is 0.168. The molecule has 2 aliphatic heterocycles. The van der Waals surface area contributed by atoms with Crippen LogP contribution in [0.2, 0.25) is 0 Å². The van der Waals surface area contributed by atoms with E-state index in [1.165, 1.54) is 22.0 Å². The molecule has 5 heteroatoms. The number of carbonyl (C=O) groups is 1. The summed E-state index contributed by atoms with van der Waals surface area (Å²) >= 11 is 0. The zero-order valence-electron chi connectivity index (χ0n) is 19.5. The Morgan fingerprint density at radius 2 is 1.55 bits per heavy atom. The third-order valence-corrected chi connectivity index (χ3v) is 7.24. The van der Waals surface area contributed by atoms with Crippen LogP contribution in [0.1, 0.15) is 18.4 Å². The van der Waals surface area contributed by atoms with Crippen LogP contribution in [0.25, 0.3) is 10.8 Å². The van der Waals surface area contributed by atoms with Gasteiger partial charge < -0.3 is 14.5 Å². The maximum absolute atomic E-state index is 13.2. The van der Waals surface area contributed by atoms with E-state index in [1.807, 2.05) is 12.1 Å². The van der Waals surface area contributed by atoms with Crippen LogP contribution < -0.4 is 9.64 Å². The van der Waals surface area contributed by atoms with Crippen molar-refractivity contribution in [1.29, 1.82) is 0 Å². The molecule has 2 heterocycles. The summed E-state index contributed by atoms with van der Waals surface area (Å²) in [5, 5.41) is 2.64. The molecule has 3 aromatic carbocycles. The molecule has 5 rings (SSSR count). The standard InChI is InChI=1S/C28H33N3O2/c1-33-26-11-9-25(10-12-26)30-17-19-31(20-18-30)28(32)23-13-15-29(16-14-23)21-24-7-4-6-22-5-2-3-8-27(22)24/h2-12,23H,13-21H2,1H3. The van der Waals surface area contributed by atoms with Crippen molar-refractivity contribution in [3.05, 3.63) is 72.3 Å². The molecule has 5 nitrogen and oxygen atoms in total. The lowest BCUT2D eigenvalue weighted by atomic mass is 9.94. The van der Waals surface area contributed by atoms with Gasteiger partial charge in [0.25, 0.3) is 0 Å². The van der Waals surface area contributed by atoms with E-state index in [1.54, 1.807) is 7.11 Å². The van der Waals surface area contributed by atoms with Gasteiger partial charge in [-0.3, -0.25) is 9.69 Å². The molecule has 1 amide bonds. The molecule has 0 aromatic heterocycles. The third-order valence-electron chi connectivity index (χ3n) is 7.24. The van der Waals surface area contributed by atoms with Gasteiger partial charge in [0, 0.05) is 44.3 Å².